The Morgan fingerprint density at radius 2 is 1.68 bits per heavy atom. The van der Waals surface area contributed by atoms with E-state index in [-0.39, 0.29) is 5.91 Å². The summed E-state index contributed by atoms with van der Waals surface area (Å²) in [5.41, 5.74) is 2.38. The first-order chi connectivity index (χ1) is 13.3. The van der Waals surface area contributed by atoms with Gasteiger partial charge in [0.25, 0.3) is 5.91 Å². The lowest BCUT2D eigenvalue weighted by atomic mass is 10.1. The van der Waals surface area contributed by atoms with Crippen molar-refractivity contribution in [3.63, 3.8) is 0 Å². The van der Waals surface area contributed by atoms with Gasteiger partial charge in [0.15, 0.2) is 0 Å². The summed E-state index contributed by atoms with van der Waals surface area (Å²) < 4.78 is 25.3. The molecule has 150 valence electrons. The van der Waals surface area contributed by atoms with Crippen molar-refractivity contribution in [2.45, 2.75) is 0 Å². The van der Waals surface area contributed by atoms with Crippen LogP contribution in [0.5, 0.6) is 0 Å². The van der Waals surface area contributed by atoms with Crippen LogP contribution in [-0.4, -0.2) is 65.8 Å². The topological polar surface area (TPSA) is 73.0 Å². The van der Waals surface area contributed by atoms with Crippen LogP contribution in [0, 0.1) is 0 Å². The van der Waals surface area contributed by atoms with Crippen molar-refractivity contribution in [3.05, 3.63) is 54.1 Å². The molecule has 2 aromatic rings. The number of anilines is 3. The summed E-state index contributed by atoms with van der Waals surface area (Å²) in [6.07, 6.45) is 1.14. The molecule has 0 spiro atoms. The van der Waals surface area contributed by atoms with Crippen LogP contribution in [0.1, 0.15) is 10.4 Å². The molecule has 0 saturated carbocycles. The van der Waals surface area contributed by atoms with Crippen molar-refractivity contribution in [2.75, 3.05) is 61.1 Å². The van der Waals surface area contributed by atoms with E-state index in [0.29, 0.717) is 16.9 Å². The highest BCUT2D eigenvalue weighted by Crippen LogP contribution is 2.32. The lowest BCUT2D eigenvalue weighted by Crippen LogP contribution is -2.44. The Morgan fingerprint density at radius 3 is 2.29 bits per heavy atom. The highest BCUT2D eigenvalue weighted by atomic mass is 32.2. The Morgan fingerprint density at radius 1 is 1.04 bits per heavy atom. The van der Waals surface area contributed by atoms with Gasteiger partial charge in [-0.25, -0.2) is 8.42 Å². The van der Waals surface area contributed by atoms with Crippen LogP contribution in [0.3, 0.4) is 0 Å². The van der Waals surface area contributed by atoms with Crippen molar-refractivity contribution in [3.8, 4) is 0 Å². The van der Waals surface area contributed by atoms with Crippen molar-refractivity contribution in [1.29, 1.82) is 0 Å². The summed E-state index contributed by atoms with van der Waals surface area (Å²) in [6.45, 7) is 3.67. The Bertz CT molecular complexity index is 939. The van der Waals surface area contributed by atoms with Gasteiger partial charge in [0.2, 0.25) is 10.0 Å². The normalized spacial score (nSPS) is 15.3. The predicted octanol–water partition coefficient (Wildman–Crippen LogP) is 2.09. The quantitative estimate of drug-likeness (QED) is 0.829. The summed E-state index contributed by atoms with van der Waals surface area (Å²) in [4.78, 5) is 17.2. The van der Waals surface area contributed by atoms with Crippen LogP contribution in [0.15, 0.2) is 48.5 Å². The minimum Gasteiger partial charge on any atom is -0.369 e. The van der Waals surface area contributed by atoms with Gasteiger partial charge in [-0.3, -0.25) is 9.10 Å². The molecule has 1 aliphatic heterocycles. The number of carbonyl (C=O) groups excluding carboxylic acids is 1. The molecule has 1 amide bonds. The molecule has 28 heavy (non-hydrogen) atoms. The maximum Gasteiger partial charge on any atom is 0.255 e. The molecule has 3 rings (SSSR count). The fourth-order valence-electron chi connectivity index (χ4n) is 3.12. The number of sulfonamides is 1. The number of nitrogens with one attached hydrogen (secondary N) is 1. The van der Waals surface area contributed by atoms with Crippen molar-refractivity contribution < 1.29 is 13.2 Å². The first-order valence-corrected chi connectivity index (χ1v) is 11.0. The van der Waals surface area contributed by atoms with E-state index in [2.05, 4.69) is 22.2 Å². The highest BCUT2D eigenvalue weighted by molar-refractivity contribution is 7.92. The zero-order valence-electron chi connectivity index (χ0n) is 16.4. The zero-order valence-corrected chi connectivity index (χ0v) is 17.2. The average molecular weight is 403 g/mol. The first kappa shape index (κ1) is 20.2. The van der Waals surface area contributed by atoms with Crippen LogP contribution in [-0.2, 0) is 10.0 Å². The Kier molecular flexibility index (Phi) is 5.90. The van der Waals surface area contributed by atoms with Crippen LogP contribution in [0.4, 0.5) is 17.1 Å². The van der Waals surface area contributed by atoms with Crippen molar-refractivity contribution in [2.24, 2.45) is 0 Å². The van der Waals surface area contributed by atoms with Crippen LogP contribution in [0.2, 0.25) is 0 Å². The maximum atomic E-state index is 12.7. The molecular formula is C20H26N4O3S. The zero-order chi connectivity index (χ0) is 20.3. The first-order valence-electron chi connectivity index (χ1n) is 9.13. The molecule has 8 heteroatoms. The van der Waals surface area contributed by atoms with E-state index in [9.17, 15) is 13.2 Å². The highest BCUT2D eigenvalue weighted by Gasteiger charge is 2.21. The number of hydrogen-bond donors (Lipinski definition) is 1. The van der Waals surface area contributed by atoms with Gasteiger partial charge in [-0.15, -0.1) is 0 Å². The van der Waals surface area contributed by atoms with E-state index in [1.807, 2.05) is 18.2 Å². The van der Waals surface area contributed by atoms with Gasteiger partial charge in [-0.1, -0.05) is 18.2 Å². The second kappa shape index (κ2) is 8.20. The third-order valence-electron chi connectivity index (χ3n) is 4.97. The Labute approximate surface area is 166 Å². The fraction of sp³-hybridized carbons (Fsp3) is 0.350. The van der Waals surface area contributed by atoms with Gasteiger partial charge in [0.1, 0.15) is 0 Å². The van der Waals surface area contributed by atoms with Crippen molar-refractivity contribution >= 4 is 33.0 Å². The predicted molar refractivity (Wildman–Crippen MR) is 114 cm³/mol. The molecule has 0 radical (unpaired) electrons. The van der Waals surface area contributed by atoms with E-state index in [0.717, 1.165) is 38.1 Å². The van der Waals surface area contributed by atoms with Gasteiger partial charge in [0.05, 0.1) is 17.6 Å². The molecule has 1 N–H and O–H groups in total. The molecule has 0 aliphatic carbocycles. The number of nitrogens with zero attached hydrogens (tertiary/aromatic N) is 3. The second-order valence-corrected chi connectivity index (χ2v) is 9.06. The average Bonchev–Trinajstić information content (AvgIpc) is 2.68. The van der Waals surface area contributed by atoms with Gasteiger partial charge >= 0.3 is 0 Å². The minimum absolute atomic E-state index is 0.278. The Balaban J connectivity index is 1.95. The molecular weight excluding hydrogens is 376 g/mol. The number of likely N-dealkylation sites (N-methyl/N-ethyl adjacent to an activating group) is 1. The van der Waals surface area contributed by atoms with Crippen molar-refractivity contribution in [1.82, 2.24) is 4.90 Å². The second-order valence-electron chi connectivity index (χ2n) is 7.04. The molecule has 1 heterocycles. The van der Waals surface area contributed by atoms with E-state index >= 15 is 0 Å². The fourth-order valence-corrected chi connectivity index (χ4v) is 3.64. The van der Waals surface area contributed by atoms with Gasteiger partial charge < -0.3 is 15.1 Å². The smallest absolute Gasteiger partial charge is 0.255 e. The third-order valence-corrected chi connectivity index (χ3v) is 6.16. The molecule has 1 aliphatic rings. The summed E-state index contributed by atoms with van der Waals surface area (Å²) in [5.74, 6) is -0.278. The van der Waals surface area contributed by atoms with Crippen LogP contribution in [0.25, 0.3) is 0 Å². The lowest BCUT2D eigenvalue weighted by Gasteiger charge is -2.34. The summed E-state index contributed by atoms with van der Waals surface area (Å²) in [7, 11) is 0.113. The summed E-state index contributed by atoms with van der Waals surface area (Å²) in [6, 6.07) is 14.4. The number of hydrogen-bond acceptors (Lipinski definition) is 5. The van der Waals surface area contributed by atoms with E-state index < -0.39 is 10.0 Å². The largest absolute Gasteiger partial charge is 0.369 e. The molecule has 0 aromatic heterocycles. The minimum atomic E-state index is -3.46. The number of benzene rings is 2. The number of rotatable bonds is 5. The van der Waals surface area contributed by atoms with Gasteiger partial charge in [-0.05, 0) is 37.4 Å². The Hall–Kier alpha value is -2.58. The molecule has 1 fully saturated rings. The molecule has 1 saturated heterocycles. The van der Waals surface area contributed by atoms with Crippen LogP contribution < -0.4 is 14.5 Å². The van der Waals surface area contributed by atoms with E-state index in [1.165, 1.54) is 11.4 Å². The SMILES string of the molecule is CN1CCN(c2ccc(N(C)S(C)(=O)=O)c(NC(=O)c3ccccc3)c2)CC1. The monoisotopic (exact) mass is 402 g/mol. The van der Waals surface area contributed by atoms with Crippen LogP contribution >= 0.6 is 0 Å². The third kappa shape index (κ3) is 4.63. The molecule has 2 aromatic carbocycles. The van der Waals surface area contributed by atoms with E-state index in [4.69, 9.17) is 0 Å². The van der Waals surface area contributed by atoms with E-state index in [1.54, 1.807) is 30.3 Å². The standard InChI is InChI=1S/C20H26N4O3S/c1-22-11-13-24(14-12-22)17-9-10-19(23(2)28(3,26)27)18(15-17)21-20(25)16-7-5-4-6-8-16/h4-10,15H,11-14H2,1-3H3,(H,21,25). The summed E-state index contributed by atoms with van der Waals surface area (Å²) >= 11 is 0. The van der Waals surface area contributed by atoms with Gasteiger partial charge in [-0.2, -0.15) is 0 Å². The van der Waals surface area contributed by atoms with Gasteiger partial charge in [0, 0.05) is 44.5 Å². The summed E-state index contributed by atoms with van der Waals surface area (Å²) in [5, 5.41) is 2.89. The molecule has 0 unspecified atom stereocenters. The molecule has 7 nitrogen and oxygen atoms in total. The number of carbonyl (C=O) groups is 1. The number of piperazine rings is 1. The molecule has 0 atom stereocenters. The maximum absolute atomic E-state index is 12.7. The number of amides is 1. The lowest BCUT2D eigenvalue weighted by molar-refractivity contribution is 0.102. The molecule has 0 bridgehead atoms.